The van der Waals surface area contributed by atoms with E-state index in [0.717, 1.165) is 29.7 Å². The van der Waals surface area contributed by atoms with E-state index in [1.807, 2.05) is 24.3 Å². The van der Waals surface area contributed by atoms with Crippen LogP contribution in [0.25, 0.3) is 0 Å². The molecule has 4 heteroatoms. The maximum Gasteiger partial charge on any atom is 0.0453 e. The highest BCUT2D eigenvalue weighted by Gasteiger charge is 2.43. The molecule has 1 N–H and O–H groups in total. The molecule has 0 radical (unpaired) electrons. The molecular weight excluding hydrogens is 411 g/mol. The average Bonchev–Trinajstić information content (AvgIpc) is 2.76. The molecule has 0 spiro atoms. The summed E-state index contributed by atoms with van der Waals surface area (Å²) in [5.74, 6) is 1.04. The van der Waals surface area contributed by atoms with Crippen molar-refractivity contribution in [1.82, 2.24) is 10.2 Å². The number of rotatable bonds is 4. The van der Waals surface area contributed by atoms with Crippen LogP contribution in [-0.4, -0.2) is 18.0 Å². The third-order valence-corrected chi connectivity index (χ3v) is 7.31. The number of hydrogen-bond acceptors (Lipinski definition) is 2. The Labute approximate surface area is 188 Å². The van der Waals surface area contributed by atoms with Crippen molar-refractivity contribution in [3.8, 4) is 0 Å². The fourth-order valence-corrected chi connectivity index (χ4v) is 5.84. The molecule has 30 heavy (non-hydrogen) atoms. The van der Waals surface area contributed by atoms with Crippen LogP contribution in [0.15, 0.2) is 78.9 Å². The first kappa shape index (κ1) is 20.1. The highest BCUT2D eigenvalue weighted by atomic mass is 35.5. The van der Waals surface area contributed by atoms with Crippen LogP contribution in [-0.2, 0) is 6.54 Å². The topological polar surface area (TPSA) is 15.3 Å². The lowest BCUT2D eigenvalue weighted by atomic mass is 9.72. The van der Waals surface area contributed by atoms with E-state index in [9.17, 15) is 0 Å². The van der Waals surface area contributed by atoms with Gasteiger partial charge in [-0.15, -0.1) is 0 Å². The van der Waals surface area contributed by atoms with E-state index in [-0.39, 0.29) is 12.1 Å². The minimum absolute atomic E-state index is 0.217. The van der Waals surface area contributed by atoms with Crippen molar-refractivity contribution in [3.63, 3.8) is 0 Å². The largest absolute Gasteiger partial charge is 0.302 e. The standard InChI is InChI=1S/C26H26Cl2N2/c27-23-12-6-4-10-21(23)25-19-14-20(26(29-25)22-11-5-7-13-24(22)28)17-30(16-19)15-18-8-2-1-3-9-18/h1-13,19-20,25-26,29H,14-17H2/t19-,20+,25-,26+. The molecule has 2 aliphatic heterocycles. The quantitative estimate of drug-likeness (QED) is 0.500. The summed E-state index contributed by atoms with van der Waals surface area (Å²) in [7, 11) is 0. The number of halogens is 2. The van der Waals surface area contributed by atoms with Gasteiger partial charge in [0.1, 0.15) is 0 Å². The van der Waals surface area contributed by atoms with E-state index in [0.29, 0.717) is 11.8 Å². The van der Waals surface area contributed by atoms with Crippen molar-refractivity contribution < 1.29 is 0 Å². The van der Waals surface area contributed by atoms with Gasteiger partial charge >= 0.3 is 0 Å². The Kier molecular flexibility index (Phi) is 5.84. The summed E-state index contributed by atoms with van der Waals surface area (Å²) < 4.78 is 0. The molecule has 2 bridgehead atoms. The first-order chi connectivity index (χ1) is 14.7. The maximum atomic E-state index is 6.65. The second-order valence-electron chi connectivity index (χ2n) is 8.60. The van der Waals surface area contributed by atoms with E-state index >= 15 is 0 Å². The van der Waals surface area contributed by atoms with Gasteiger partial charge in [0.25, 0.3) is 0 Å². The van der Waals surface area contributed by atoms with Gasteiger partial charge in [-0.05, 0) is 47.1 Å². The van der Waals surface area contributed by atoms with E-state index in [4.69, 9.17) is 23.2 Å². The minimum atomic E-state index is 0.217. The number of nitrogens with one attached hydrogen (secondary N) is 1. The number of fused-ring (bicyclic) bond motifs is 2. The van der Waals surface area contributed by atoms with Gasteiger partial charge in [0.05, 0.1) is 0 Å². The summed E-state index contributed by atoms with van der Waals surface area (Å²) in [6.45, 7) is 3.13. The Balaban J connectivity index is 1.49. The Morgan fingerprint density at radius 2 is 1.20 bits per heavy atom. The summed E-state index contributed by atoms with van der Waals surface area (Å²) in [6, 6.07) is 27.7. The third-order valence-electron chi connectivity index (χ3n) is 6.62. The molecule has 0 aromatic heterocycles. The fraction of sp³-hybridized carbons (Fsp3) is 0.308. The second-order valence-corrected chi connectivity index (χ2v) is 9.41. The average molecular weight is 437 g/mol. The van der Waals surface area contributed by atoms with Crippen molar-refractivity contribution in [2.45, 2.75) is 25.0 Å². The molecule has 3 aromatic carbocycles. The molecule has 0 aliphatic carbocycles. The van der Waals surface area contributed by atoms with Crippen LogP contribution in [0.2, 0.25) is 10.0 Å². The van der Waals surface area contributed by atoms with Gasteiger partial charge in [0.15, 0.2) is 0 Å². The maximum absolute atomic E-state index is 6.65. The molecule has 2 aliphatic rings. The Bertz CT molecular complexity index is 947. The smallest absolute Gasteiger partial charge is 0.0453 e. The summed E-state index contributed by atoms with van der Waals surface area (Å²) in [5, 5.41) is 5.64. The number of piperidine rings is 2. The Morgan fingerprint density at radius 3 is 1.73 bits per heavy atom. The number of nitrogens with zero attached hydrogens (tertiary/aromatic N) is 1. The van der Waals surface area contributed by atoms with Gasteiger partial charge in [-0.3, -0.25) is 4.90 Å². The van der Waals surface area contributed by atoms with Crippen LogP contribution in [0.4, 0.5) is 0 Å². The summed E-state index contributed by atoms with van der Waals surface area (Å²) >= 11 is 13.3. The molecule has 5 rings (SSSR count). The zero-order chi connectivity index (χ0) is 20.5. The molecule has 2 fully saturated rings. The predicted octanol–water partition coefficient (Wildman–Crippen LogP) is 6.52. The second kappa shape index (κ2) is 8.72. The van der Waals surface area contributed by atoms with Crippen molar-refractivity contribution in [2.75, 3.05) is 13.1 Å². The number of benzene rings is 3. The lowest BCUT2D eigenvalue weighted by molar-refractivity contribution is 0.0331. The highest BCUT2D eigenvalue weighted by molar-refractivity contribution is 6.31. The van der Waals surface area contributed by atoms with Crippen LogP contribution >= 0.6 is 23.2 Å². The number of hydrogen-bond donors (Lipinski definition) is 1. The normalized spacial score (nSPS) is 26.5. The Hall–Kier alpha value is -1.84. The Morgan fingerprint density at radius 1 is 0.700 bits per heavy atom. The van der Waals surface area contributed by atoms with E-state index in [2.05, 4.69) is 64.8 Å². The van der Waals surface area contributed by atoms with Crippen molar-refractivity contribution in [3.05, 3.63) is 106 Å². The monoisotopic (exact) mass is 436 g/mol. The first-order valence-corrected chi connectivity index (χ1v) is 11.5. The van der Waals surface area contributed by atoms with E-state index < -0.39 is 0 Å². The molecule has 4 atom stereocenters. The highest BCUT2D eigenvalue weighted by Crippen LogP contribution is 2.46. The van der Waals surface area contributed by atoms with Crippen LogP contribution in [0, 0.1) is 11.8 Å². The van der Waals surface area contributed by atoms with Crippen molar-refractivity contribution in [2.24, 2.45) is 11.8 Å². The number of likely N-dealkylation sites (tertiary alicyclic amines) is 1. The molecule has 3 aromatic rings. The van der Waals surface area contributed by atoms with E-state index in [1.54, 1.807) is 0 Å². The molecular formula is C26H26Cl2N2. The summed E-state index contributed by atoms with van der Waals surface area (Å²) in [4.78, 5) is 2.61. The van der Waals surface area contributed by atoms with Crippen LogP contribution in [0.3, 0.4) is 0 Å². The van der Waals surface area contributed by atoms with Gasteiger partial charge in [0.2, 0.25) is 0 Å². The van der Waals surface area contributed by atoms with Gasteiger partial charge in [0, 0.05) is 41.8 Å². The third kappa shape index (κ3) is 4.02. The predicted molar refractivity (Wildman–Crippen MR) is 125 cm³/mol. The zero-order valence-electron chi connectivity index (χ0n) is 16.8. The zero-order valence-corrected chi connectivity index (χ0v) is 18.4. The van der Waals surface area contributed by atoms with E-state index in [1.165, 1.54) is 23.1 Å². The molecule has 0 saturated carbocycles. The minimum Gasteiger partial charge on any atom is -0.302 e. The van der Waals surface area contributed by atoms with Crippen molar-refractivity contribution in [1.29, 1.82) is 0 Å². The SMILES string of the molecule is Clc1ccccc1[C@H]1N[C@@H](c2ccccc2Cl)[C@@H]2C[C@H]1CN(Cc1ccccc1)C2. The molecule has 2 heterocycles. The van der Waals surface area contributed by atoms with Gasteiger partial charge in [-0.2, -0.15) is 0 Å². The molecule has 0 unspecified atom stereocenters. The molecule has 2 nitrogen and oxygen atoms in total. The van der Waals surface area contributed by atoms with Crippen LogP contribution < -0.4 is 5.32 Å². The van der Waals surface area contributed by atoms with Crippen molar-refractivity contribution >= 4 is 23.2 Å². The van der Waals surface area contributed by atoms with Crippen LogP contribution in [0.1, 0.15) is 35.2 Å². The lowest BCUT2D eigenvalue weighted by Gasteiger charge is -2.50. The fourth-order valence-electron chi connectivity index (χ4n) is 5.34. The molecule has 154 valence electrons. The lowest BCUT2D eigenvalue weighted by Crippen LogP contribution is -2.53. The first-order valence-electron chi connectivity index (χ1n) is 10.7. The van der Waals surface area contributed by atoms with Gasteiger partial charge in [-0.1, -0.05) is 89.9 Å². The van der Waals surface area contributed by atoms with Gasteiger partial charge < -0.3 is 5.32 Å². The summed E-state index contributed by atoms with van der Waals surface area (Å²) in [6.07, 6.45) is 1.18. The summed E-state index contributed by atoms with van der Waals surface area (Å²) in [5.41, 5.74) is 3.76. The molecule has 2 saturated heterocycles. The molecule has 0 amide bonds. The van der Waals surface area contributed by atoms with Gasteiger partial charge in [-0.25, -0.2) is 0 Å². The van der Waals surface area contributed by atoms with Crippen LogP contribution in [0.5, 0.6) is 0 Å².